The Kier molecular flexibility index (Phi) is 8.61. The van der Waals surface area contributed by atoms with Gasteiger partial charge in [-0.25, -0.2) is 4.98 Å². The first kappa shape index (κ1) is 26.9. The van der Waals surface area contributed by atoms with Gasteiger partial charge >= 0.3 is 0 Å². The number of ether oxygens (including phenoxy) is 1. The summed E-state index contributed by atoms with van der Waals surface area (Å²) >= 11 is 0. The van der Waals surface area contributed by atoms with Gasteiger partial charge in [-0.2, -0.15) is 0 Å². The van der Waals surface area contributed by atoms with Crippen molar-refractivity contribution in [1.29, 1.82) is 5.41 Å². The van der Waals surface area contributed by atoms with E-state index in [2.05, 4.69) is 32.3 Å². The number of aromatic amines is 1. The maximum Gasteiger partial charge on any atom is 0.275 e. The van der Waals surface area contributed by atoms with Gasteiger partial charge in [0.15, 0.2) is 0 Å². The summed E-state index contributed by atoms with van der Waals surface area (Å²) in [6.07, 6.45) is 7.58. The number of nitrogens with one attached hydrogen (secondary N) is 3. The number of aromatic nitrogens is 2. The Balaban J connectivity index is 1.23. The maximum atomic E-state index is 13.1. The summed E-state index contributed by atoms with van der Waals surface area (Å²) in [6.45, 7) is 4.82. The van der Waals surface area contributed by atoms with Crippen LogP contribution >= 0.6 is 0 Å². The van der Waals surface area contributed by atoms with Gasteiger partial charge in [-0.1, -0.05) is 49.6 Å². The van der Waals surface area contributed by atoms with Crippen LogP contribution in [-0.2, 0) is 11.3 Å². The Labute approximate surface area is 230 Å². The van der Waals surface area contributed by atoms with E-state index in [9.17, 15) is 9.90 Å². The second kappa shape index (κ2) is 12.5. The van der Waals surface area contributed by atoms with Gasteiger partial charge in [0.1, 0.15) is 23.0 Å². The average Bonchev–Trinajstić information content (AvgIpc) is 2.95. The molecule has 2 aliphatic rings. The van der Waals surface area contributed by atoms with Crippen LogP contribution in [0.5, 0.6) is 5.75 Å². The van der Waals surface area contributed by atoms with E-state index in [-0.39, 0.29) is 28.9 Å². The number of phenols is 1. The lowest BCUT2D eigenvalue weighted by molar-refractivity contribution is 0.0786. The molecule has 206 valence electrons. The molecule has 3 aromatic rings. The lowest BCUT2D eigenvalue weighted by Gasteiger charge is -2.33. The van der Waals surface area contributed by atoms with Crippen molar-refractivity contribution in [2.75, 3.05) is 29.9 Å². The summed E-state index contributed by atoms with van der Waals surface area (Å²) in [6, 6.07) is 16.0. The molecule has 1 saturated carbocycles. The minimum Gasteiger partial charge on any atom is -0.507 e. The molecule has 0 bridgehead atoms. The number of aromatic hydroxyl groups is 1. The Morgan fingerprint density at radius 2 is 1.85 bits per heavy atom. The van der Waals surface area contributed by atoms with Gasteiger partial charge in [0.05, 0.1) is 17.9 Å². The molecule has 39 heavy (non-hydrogen) atoms. The second-order valence-electron chi connectivity index (χ2n) is 10.9. The third-order valence-corrected chi connectivity index (χ3v) is 7.91. The molecule has 2 heterocycles. The molecule has 1 aliphatic heterocycles. The van der Waals surface area contributed by atoms with Crippen LogP contribution in [0.15, 0.2) is 53.3 Å². The van der Waals surface area contributed by atoms with Crippen LogP contribution in [0.4, 0.5) is 11.4 Å². The third kappa shape index (κ3) is 6.68. The number of rotatable bonds is 9. The Hall–Kier alpha value is -3.65. The maximum absolute atomic E-state index is 13.1. The lowest BCUT2D eigenvalue weighted by Crippen LogP contribution is -2.35. The first-order valence-corrected chi connectivity index (χ1v) is 14.1. The molecular weight excluding hydrogens is 490 g/mol. The van der Waals surface area contributed by atoms with Crippen LogP contribution in [0.1, 0.15) is 63.1 Å². The Morgan fingerprint density at radius 3 is 2.54 bits per heavy atom. The lowest BCUT2D eigenvalue weighted by atomic mass is 9.95. The van der Waals surface area contributed by atoms with Crippen molar-refractivity contribution in [3.8, 4) is 17.1 Å². The molecule has 4 N–H and O–H groups in total. The number of benzene rings is 2. The smallest absolute Gasteiger partial charge is 0.275 e. The fourth-order valence-electron chi connectivity index (χ4n) is 5.65. The largest absolute Gasteiger partial charge is 0.507 e. The number of H-pyrrole nitrogens is 1. The van der Waals surface area contributed by atoms with Crippen LogP contribution in [0.3, 0.4) is 0 Å². The second-order valence-corrected chi connectivity index (χ2v) is 10.9. The predicted octanol–water partition coefficient (Wildman–Crippen LogP) is 5.71. The van der Waals surface area contributed by atoms with E-state index < -0.39 is 0 Å². The van der Waals surface area contributed by atoms with E-state index in [1.807, 2.05) is 24.3 Å². The summed E-state index contributed by atoms with van der Waals surface area (Å²) in [4.78, 5) is 22.8. The molecule has 1 saturated heterocycles. The van der Waals surface area contributed by atoms with E-state index in [0.29, 0.717) is 29.5 Å². The Morgan fingerprint density at radius 1 is 1.10 bits per heavy atom. The van der Waals surface area contributed by atoms with Crippen molar-refractivity contribution in [3.05, 3.63) is 70.1 Å². The first-order chi connectivity index (χ1) is 19.0. The number of phenolic OH excluding ortho intramolecular Hbond substituents is 1. The van der Waals surface area contributed by atoms with E-state index in [4.69, 9.17) is 10.1 Å². The average molecular weight is 530 g/mol. The first-order valence-electron chi connectivity index (χ1n) is 14.1. The van der Waals surface area contributed by atoms with Gasteiger partial charge in [-0.05, 0) is 56.2 Å². The zero-order valence-electron chi connectivity index (χ0n) is 22.7. The standard InChI is InChI=1S/C31H39N5O3/c1-21(32)28-29(33-24-10-6-3-7-11-24)31(38)35-30(34-28)26-13-12-25(18-27(26)37)36-16-14-23(15-17-36)20-39-19-22-8-4-2-5-9-22/h2,4-5,8-9,12-13,18,23-24,32-33,37H,3,6-7,10-11,14-17,19-20H2,1H3,(H,34,35,38). The van der Waals surface area contributed by atoms with E-state index >= 15 is 0 Å². The summed E-state index contributed by atoms with van der Waals surface area (Å²) in [7, 11) is 0. The van der Waals surface area contributed by atoms with Crippen LogP contribution in [0, 0.1) is 11.3 Å². The molecule has 0 radical (unpaired) electrons. The molecular formula is C31H39N5O3. The van der Waals surface area contributed by atoms with Gasteiger partial charge in [-0.3, -0.25) is 4.79 Å². The molecule has 2 fully saturated rings. The van der Waals surface area contributed by atoms with Gasteiger partial charge < -0.3 is 30.5 Å². The summed E-state index contributed by atoms with van der Waals surface area (Å²) < 4.78 is 5.96. The van der Waals surface area contributed by atoms with E-state index in [1.54, 1.807) is 19.1 Å². The van der Waals surface area contributed by atoms with E-state index in [1.165, 1.54) is 12.0 Å². The highest BCUT2D eigenvalue weighted by Crippen LogP contribution is 2.33. The van der Waals surface area contributed by atoms with Gasteiger partial charge in [0, 0.05) is 37.5 Å². The fourth-order valence-corrected chi connectivity index (χ4v) is 5.65. The van der Waals surface area contributed by atoms with Crippen LogP contribution in [-0.4, -0.2) is 46.5 Å². The van der Waals surface area contributed by atoms with Crippen molar-refractivity contribution >= 4 is 17.1 Å². The van der Waals surface area contributed by atoms with Crippen LogP contribution in [0.25, 0.3) is 11.4 Å². The highest BCUT2D eigenvalue weighted by Gasteiger charge is 2.23. The fraction of sp³-hybridized carbons (Fsp3) is 0.452. The quantitative estimate of drug-likeness (QED) is 0.264. The van der Waals surface area contributed by atoms with Gasteiger partial charge in [-0.15, -0.1) is 0 Å². The van der Waals surface area contributed by atoms with Gasteiger partial charge in [0.25, 0.3) is 5.56 Å². The number of hydrogen-bond donors (Lipinski definition) is 4. The zero-order chi connectivity index (χ0) is 27.2. The SMILES string of the molecule is CC(=N)c1nc(-c2ccc(N3CCC(COCc4ccccc4)CC3)cc2O)[nH]c(=O)c1NC1CCCCC1. The minimum absolute atomic E-state index is 0.0607. The minimum atomic E-state index is -0.313. The monoisotopic (exact) mass is 529 g/mol. The van der Waals surface area contributed by atoms with E-state index in [0.717, 1.165) is 63.9 Å². The van der Waals surface area contributed by atoms with Crippen molar-refractivity contribution in [3.63, 3.8) is 0 Å². The number of anilines is 2. The summed E-state index contributed by atoms with van der Waals surface area (Å²) in [5.41, 5.74) is 3.18. The third-order valence-electron chi connectivity index (χ3n) is 7.91. The van der Waals surface area contributed by atoms with Crippen molar-refractivity contribution in [2.45, 2.75) is 64.5 Å². The molecule has 0 spiro atoms. The zero-order valence-corrected chi connectivity index (χ0v) is 22.7. The number of hydrogen-bond acceptors (Lipinski definition) is 7. The summed E-state index contributed by atoms with van der Waals surface area (Å²) in [5, 5.41) is 22.5. The number of piperidine rings is 1. The molecule has 5 rings (SSSR count). The van der Waals surface area contributed by atoms with Crippen LogP contribution < -0.4 is 15.8 Å². The molecule has 8 heteroatoms. The molecule has 0 unspecified atom stereocenters. The highest BCUT2D eigenvalue weighted by atomic mass is 16.5. The topological polar surface area (TPSA) is 114 Å². The Bertz CT molecular complexity index is 1330. The van der Waals surface area contributed by atoms with Crippen LogP contribution in [0.2, 0.25) is 0 Å². The molecule has 0 atom stereocenters. The van der Waals surface area contributed by atoms with Crippen molar-refractivity contribution in [2.24, 2.45) is 5.92 Å². The van der Waals surface area contributed by atoms with Crippen molar-refractivity contribution < 1.29 is 9.84 Å². The van der Waals surface area contributed by atoms with Gasteiger partial charge in [0.2, 0.25) is 0 Å². The molecule has 8 nitrogen and oxygen atoms in total. The predicted molar refractivity (Wildman–Crippen MR) is 156 cm³/mol. The molecule has 1 aromatic heterocycles. The molecule has 0 amide bonds. The summed E-state index contributed by atoms with van der Waals surface area (Å²) in [5.74, 6) is 0.857. The highest BCUT2D eigenvalue weighted by molar-refractivity contribution is 5.99. The normalized spacial score (nSPS) is 16.8. The molecule has 1 aliphatic carbocycles. The number of nitrogens with zero attached hydrogens (tertiary/aromatic N) is 2. The molecule has 2 aromatic carbocycles. The van der Waals surface area contributed by atoms with Crippen molar-refractivity contribution in [1.82, 2.24) is 9.97 Å².